The third-order valence-electron chi connectivity index (χ3n) is 12.5. The van der Waals surface area contributed by atoms with Gasteiger partial charge in [-0.2, -0.15) is 0 Å². The number of carboxylic acid groups (broad SMARTS) is 1. The molecule has 0 saturated heterocycles. The molecule has 0 heterocycles. The van der Waals surface area contributed by atoms with Gasteiger partial charge >= 0.3 is 11.9 Å². The van der Waals surface area contributed by atoms with E-state index in [4.69, 9.17) is 4.74 Å². The molecule has 4 rings (SSSR count). The number of ether oxygens (including phenoxy) is 1. The van der Waals surface area contributed by atoms with E-state index >= 15 is 0 Å². The summed E-state index contributed by atoms with van der Waals surface area (Å²) >= 11 is 0. The summed E-state index contributed by atoms with van der Waals surface area (Å²) in [5.41, 5.74) is -1.90. The first-order valence-corrected chi connectivity index (χ1v) is 17.5. The zero-order chi connectivity index (χ0) is 35.8. The van der Waals surface area contributed by atoms with E-state index < -0.39 is 65.3 Å². The highest BCUT2D eigenvalue weighted by Crippen LogP contribution is 2.67. The average molecular weight is 675 g/mol. The number of carbonyl (C=O) groups excluding carboxylic acids is 5. The standard InChI is InChI=1S/C36H54N2O10/c1-7-20(4)31(33(45)46)38-32(44)30(19(2)3)37-27(42)10-11-28(43)48-18-26(41)36(47)15-13-24-23-9-8-21-16-22(39)12-14-34(21,5)29(23)25(40)17-35(24,36)6/h16,19-20,23-25,29-31,40,47H,7-15,17-18H2,1-6H3,(H,37,42)(H,38,44)(H,45,46). The van der Waals surface area contributed by atoms with Crippen molar-refractivity contribution in [3.63, 3.8) is 0 Å². The van der Waals surface area contributed by atoms with Crippen molar-refractivity contribution in [1.82, 2.24) is 10.6 Å². The number of allylic oxidation sites excluding steroid dienone is 1. The zero-order valence-corrected chi connectivity index (χ0v) is 29.2. The fourth-order valence-electron chi connectivity index (χ4n) is 9.41. The Labute approximate surface area is 282 Å². The van der Waals surface area contributed by atoms with Crippen LogP contribution in [0.25, 0.3) is 0 Å². The summed E-state index contributed by atoms with van der Waals surface area (Å²) in [6.45, 7) is 10.3. The number of aliphatic carboxylic acids is 1. The number of hydrogen-bond donors (Lipinski definition) is 5. The van der Waals surface area contributed by atoms with Crippen molar-refractivity contribution in [1.29, 1.82) is 0 Å². The summed E-state index contributed by atoms with van der Waals surface area (Å²) in [5.74, 6) is -4.42. The van der Waals surface area contributed by atoms with Crippen LogP contribution in [0.3, 0.4) is 0 Å². The Morgan fingerprint density at radius 1 is 1.00 bits per heavy atom. The SMILES string of the molecule is CCC(C)C(NC(=O)C(NC(=O)CCC(=O)OCC(=O)C1(O)CCC2C3CCC4=CC(=O)CCC4(C)C3C(O)CC21C)C(C)C)C(=O)O. The number of ketones is 2. The van der Waals surface area contributed by atoms with Gasteiger partial charge in [-0.05, 0) is 79.6 Å². The first-order valence-electron chi connectivity index (χ1n) is 17.5. The van der Waals surface area contributed by atoms with Crippen LogP contribution in [0, 0.1) is 40.4 Å². The molecule has 10 atom stereocenters. The zero-order valence-electron chi connectivity index (χ0n) is 29.2. The summed E-state index contributed by atoms with van der Waals surface area (Å²) in [6.07, 6.45) is 4.52. The molecule has 48 heavy (non-hydrogen) atoms. The Bertz CT molecular complexity index is 1340. The van der Waals surface area contributed by atoms with Gasteiger partial charge in [0.05, 0.1) is 12.5 Å². The number of Topliss-reactive ketones (excluding diaryl/α,β-unsaturated/α-hetero) is 1. The quantitative estimate of drug-likeness (QED) is 0.181. The maximum atomic E-state index is 13.5. The van der Waals surface area contributed by atoms with Gasteiger partial charge in [-0.15, -0.1) is 0 Å². The number of nitrogens with one attached hydrogen (secondary N) is 2. The van der Waals surface area contributed by atoms with Crippen LogP contribution >= 0.6 is 0 Å². The van der Waals surface area contributed by atoms with Crippen LogP contribution in [0.1, 0.15) is 106 Å². The van der Waals surface area contributed by atoms with Crippen molar-refractivity contribution in [3.05, 3.63) is 11.6 Å². The lowest BCUT2D eigenvalue weighted by molar-refractivity contribution is -0.184. The highest BCUT2D eigenvalue weighted by molar-refractivity contribution is 5.93. The van der Waals surface area contributed by atoms with E-state index in [9.17, 15) is 44.1 Å². The number of carbonyl (C=O) groups is 6. The Kier molecular flexibility index (Phi) is 11.3. The predicted octanol–water partition coefficient (Wildman–Crippen LogP) is 2.87. The highest BCUT2D eigenvalue weighted by atomic mass is 16.5. The van der Waals surface area contributed by atoms with Crippen LogP contribution in [-0.4, -0.2) is 81.0 Å². The monoisotopic (exact) mass is 674 g/mol. The molecule has 0 aromatic heterocycles. The summed E-state index contributed by atoms with van der Waals surface area (Å²) in [7, 11) is 0. The minimum absolute atomic E-state index is 0.0164. The minimum Gasteiger partial charge on any atom is -0.480 e. The van der Waals surface area contributed by atoms with Crippen molar-refractivity contribution in [2.75, 3.05) is 6.61 Å². The number of fused-ring (bicyclic) bond motifs is 5. The normalized spacial score (nSPS) is 34.4. The van der Waals surface area contributed by atoms with Gasteiger partial charge in [0.15, 0.2) is 12.4 Å². The van der Waals surface area contributed by atoms with Crippen molar-refractivity contribution < 1.29 is 48.8 Å². The lowest BCUT2D eigenvalue weighted by Gasteiger charge is -2.60. The van der Waals surface area contributed by atoms with Crippen LogP contribution in [0.2, 0.25) is 0 Å². The minimum atomic E-state index is -1.79. The molecule has 12 nitrogen and oxygen atoms in total. The van der Waals surface area contributed by atoms with Gasteiger partial charge in [0.2, 0.25) is 17.6 Å². The number of rotatable bonds is 13. The molecule has 0 aromatic carbocycles. The van der Waals surface area contributed by atoms with Gasteiger partial charge in [-0.3, -0.25) is 24.0 Å². The van der Waals surface area contributed by atoms with E-state index in [1.165, 1.54) is 0 Å². The van der Waals surface area contributed by atoms with Gasteiger partial charge in [0.25, 0.3) is 0 Å². The van der Waals surface area contributed by atoms with Crippen LogP contribution in [0.15, 0.2) is 11.6 Å². The second kappa shape index (κ2) is 14.4. The molecule has 12 heteroatoms. The third kappa shape index (κ3) is 6.97. The van der Waals surface area contributed by atoms with Crippen LogP contribution in [0.4, 0.5) is 0 Å². The van der Waals surface area contributed by atoms with Gasteiger partial charge < -0.3 is 30.7 Å². The molecule has 0 aromatic rings. The van der Waals surface area contributed by atoms with E-state index in [2.05, 4.69) is 17.6 Å². The second-order valence-corrected chi connectivity index (χ2v) is 15.6. The van der Waals surface area contributed by atoms with E-state index in [0.29, 0.717) is 25.7 Å². The van der Waals surface area contributed by atoms with Crippen LogP contribution in [0.5, 0.6) is 0 Å². The van der Waals surface area contributed by atoms with E-state index in [1.807, 2.05) is 13.8 Å². The van der Waals surface area contributed by atoms with E-state index in [0.717, 1.165) is 18.4 Å². The first kappa shape index (κ1) is 37.7. The molecule has 268 valence electrons. The van der Waals surface area contributed by atoms with E-state index in [1.54, 1.807) is 26.8 Å². The van der Waals surface area contributed by atoms with Gasteiger partial charge in [-0.25, -0.2) is 4.79 Å². The molecule has 3 saturated carbocycles. The van der Waals surface area contributed by atoms with Gasteiger partial charge in [-0.1, -0.05) is 53.5 Å². The molecule has 0 bridgehead atoms. The van der Waals surface area contributed by atoms with E-state index in [-0.39, 0.29) is 66.5 Å². The van der Waals surface area contributed by atoms with Crippen LogP contribution in [-0.2, 0) is 33.5 Å². The second-order valence-electron chi connectivity index (χ2n) is 15.6. The number of aliphatic hydroxyl groups excluding tert-OH is 1. The first-order chi connectivity index (χ1) is 22.4. The molecule has 0 spiro atoms. The highest BCUT2D eigenvalue weighted by Gasteiger charge is 2.68. The summed E-state index contributed by atoms with van der Waals surface area (Å²) < 4.78 is 5.23. The number of hydrogen-bond acceptors (Lipinski definition) is 9. The molecule has 0 aliphatic heterocycles. The van der Waals surface area contributed by atoms with Crippen molar-refractivity contribution >= 4 is 35.3 Å². The number of amides is 2. The summed E-state index contributed by atoms with van der Waals surface area (Å²) in [4.78, 5) is 75.5. The molecule has 5 N–H and O–H groups in total. The fourth-order valence-corrected chi connectivity index (χ4v) is 9.41. The maximum Gasteiger partial charge on any atom is 0.326 e. The number of aliphatic hydroxyl groups is 2. The molecule has 3 fully saturated rings. The predicted molar refractivity (Wildman–Crippen MR) is 174 cm³/mol. The average Bonchev–Trinajstić information content (AvgIpc) is 3.29. The molecular formula is C36H54N2O10. The number of esters is 1. The molecule has 0 radical (unpaired) electrons. The molecular weight excluding hydrogens is 620 g/mol. The largest absolute Gasteiger partial charge is 0.480 e. The van der Waals surface area contributed by atoms with Gasteiger partial charge in [0.1, 0.15) is 17.7 Å². The Morgan fingerprint density at radius 3 is 2.31 bits per heavy atom. The lowest BCUT2D eigenvalue weighted by atomic mass is 9.45. The topological polar surface area (TPSA) is 196 Å². The molecule has 4 aliphatic carbocycles. The molecule has 4 aliphatic rings. The Morgan fingerprint density at radius 2 is 1.69 bits per heavy atom. The van der Waals surface area contributed by atoms with Crippen molar-refractivity contribution in [2.24, 2.45) is 40.4 Å². The molecule has 10 unspecified atom stereocenters. The molecule has 2 amide bonds. The fraction of sp³-hybridized carbons (Fsp3) is 0.778. The number of carboxylic acids is 1. The summed E-state index contributed by atoms with van der Waals surface area (Å²) in [5, 5.41) is 38.0. The summed E-state index contributed by atoms with van der Waals surface area (Å²) in [6, 6.07) is -2.13. The van der Waals surface area contributed by atoms with Crippen molar-refractivity contribution in [2.45, 2.75) is 130 Å². The maximum absolute atomic E-state index is 13.5. The Hall–Kier alpha value is -3.12. The van der Waals surface area contributed by atoms with Crippen molar-refractivity contribution in [3.8, 4) is 0 Å². The van der Waals surface area contributed by atoms with Crippen LogP contribution < -0.4 is 10.6 Å². The van der Waals surface area contributed by atoms with Gasteiger partial charge in [0, 0.05) is 18.3 Å². The third-order valence-corrected chi connectivity index (χ3v) is 12.5. The Balaban J connectivity index is 1.32. The smallest absolute Gasteiger partial charge is 0.326 e. The lowest BCUT2D eigenvalue weighted by Crippen LogP contribution is -2.62.